The van der Waals surface area contributed by atoms with Crippen LogP contribution in [0.15, 0.2) is 11.3 Å². The van der Waals surface area contributed by atoms with E-state index in [2.05, 4.69) is 6.92 Å². The van der Waals surface area contributed by atoms with Gasteiger partial charge in [0.1, 0.15) is 0 Å². The Kier molecular flexibility index (Phi) is 2.27. The zero-order valence-electron chi connectivity index (χ0n) is 6.96. The molecule has 1 atom stereocenters. The fourth-order valence-electron chi connectivity index (χ4n) is 1.51. The third-order valence-electron chi connectivity index (χ3n) is 2.47. The third-order valence-corrected chi connectivity index (χ3v) is 2.47. The number of nitrogens with zero attached hydrogens (tertiary/aromatic N) is 1. The zero-order valence-corrected chi connectivity index (χ0v) is 6.96. The molecule has 1 aliphatic rings. The van der Waals surface area contributed by atoms with Crippen LogP contribution in [0.3, 0.4) is 0 Å². The van der Waals surface area contributed by atoms with Crippen molar-refractivity contribution in [2.75, 3.05) is 0 Å². The van der Waals surface area contributed by atoms with Crippen LogP contribution in [0.4, 0.5) is 0 Å². The van der Waals surface area contributed by atoms with Crippen LogP contribution in [0.25, 0.3) is 0 Å². The smallest absolute Gasteiger partial charge is 0.245 e. The minimum atomic E-state index is -0.231. The molecule has 0 bridgehead atoms. The molecule has 11 heavy (non-hydrogen) atoms. The fraction of sp³-hybridized carbons (Fsp3) is 0.750. The van der Waals surface area contributed by atoms with Gasteiger partial charge in [0.15, 0.2) is 0 Å². The number of hydrogen-bond donors (Lipinski definition) is 0. The number of hydrogen-bond acceptors (Lipinski definition) is 2. The Morgan fingerprint density at radius 1 is 1.64 bits per heavy atom. The molecule has 1 rings (SSSR count). The zero-order chi connectivity index (χ0) is 8.43. The quantitative estimate of drug-likeness (QED) is 0.431. The van der Waals surface area contributed by atoms with Crippen LogP contribution in [-0.2, 0) is 0 Å². The SMILES string of the molecule is CC1=C([N+](=O)[O-])CCCC1C. The lowest BCUT2D eigenvalue weighted by molar-refractivity contribution is -0.430. The Morgan fingerprint density at radius 2 is 2.27 bits per heavy atom. The molecule has 0 radical (unpaired) electrons. The van der Waals surface area contributed by atoms with Crippen molar-refractivity contribution in [3.05, 3.63) is 21.4 Å². The fourth-order valence-corrected chi connectivity index (χ4v) is 1.51. The van der Waals surface area contributed by atoms with Gasteiger partial charge in [-0.05, 0) is 25.7 Å². The summed E-state index contributed by atoms with van der Waals surface area (Å²) < 4.78 is 0. The predicted molar refractivity (Wildman–Crippen MR) is 42.7 cm³/mol. The lowest BCUT2D eigenvalue weighted by atomic mass is 9.88. The molecule has 1 aliphatic carbocycles. The molecular weight excluding hydrogens is 142 g/mol. The Balaban J connectivity index is 2.89. The molecule has 0 amide bonds. The van der Waals surface area contributed by atoms with Gasteiger partial charge >= 0.3 is 0 Å². The Labute approximate surface area is 66.3 Å². The van der Waals surface area contributed by atoms with Crippen molar-refractivity contribution >= 4 is 0 Å². The maximum absolute atomic E-state index is 10.5. The van der Waals surface area contributed by atoms with Gasteiger partial charge in [0, 0.05) is 12.0 Å². The molecule has 3 nitrogen and oxygen atoms in total. The maximum atomic E-state index is 10.5. The van der Waals surface area contributed by atoms with E-state index < -0.39 is 0 Å². The van der Waals surface area contributed by atoms with Crippen LogP contribution in [0.1, 0.15) is 33.1 Å². The summed E-state index contributed by atoms with van der Waals surface area (Å²) in [6, 6.07) is 0. The molecule has 0 aromatic carbocycles. The molecule has 0 spiro atoms. The van der Waals surface area contributed by atoms with Crippen molar-refractivity contribution in [2.45, 2.75) is 33.1 Å². The maximum Gasteiger partial charge on any atom is 0.245 e. The van der Waals surface area contributed by atoms with Crippen LogP contribution >= 0.6 is 0 Å². The standard InChI is InChI=1S/C8H13NO2/c1-6-4-3-5-8(7(6)2)9(10)11/h6H,3-5H2,1-2H3. The van der Waals surface area contributed by atoms with Gasteiger partial charge in [0.25, 0.3) is 0 Å². The normalized spacial score (nSPS) is 25.5. The summed E-state index contributed by atoms with van der Waals surface area (Å²) in [7, 11) is 0. The van der Waals surface area contributed by atoms with E-state index >= 15 is 0 Å². The van der Waals surface area contributed by atoms with Crippen LogP contribution in [0, 0.1) is 16.0 Å². The Morgan fingerprint density at radius 3 is 2.73 bits per heavy atom. The highest BCUT2D eigenvalue weighted by Crippen LogP contribution is 2.29. The number of allylic oxidation sites excluding steroid dienone is 2. The van der Waals surface area contributed by atoms with Crippen molar-refractivity contribution in [1.82, 2.24) is 0 Å². The van der Waals surface area contributed by atoms with E-state index in [4.69, 9.17) is 0 Å². The molecule has 0 fully saturated rings. The number of nitro groups is 1. The lowest BCUT2D eigenvalue weighted by Gasteiger charge is -2.17. The van der Waals surface area contributed by atoms with Crippen LogP contribution in [0.2, 0.25) is 0 Å². The third kappa shape index (κ3) is 1.59. The summed E-state index contributed by atoms with van der Waals surface area (Å²) in [5, 5.41) is 10.5. The predicted octanol–water partition coefficient (Wildman–Crippen LogP) is 2.36. The van der Waals surface area contributed by atoms with Gasteiger partial charge in [-0.15, -0.1) is 0 Å². The summed E-state index contributed by atoms with van der Waals surface area (Å²) in [4.78, 5) is 10.2. The summed E-state index contributed by atoms with van der Waals surface area (Å²) >= 11 is 0. The van der Waals surface area contributed by atoms with E-state index in [1.807, 2.05) is 6.92 Å². The van der Waals surface area contributed by atoms with E-state index in [1.54, 1.807) is 0 Å². The second kappa shape index (κ2) is 3.03. The first-order chi connectivity index (χ1) is 5.13. The molecule has 3 heteroatoms. The highest BCUT2D eigenvalue weighted by atomic mass is 16.6. The first-order valence-electron chi connectivity index (χ1n) is 3.97. The Bertz CT molecular complexity index is 208. The first-order valence-corrected chi connectivity index (χ1v) is 3.97. The topological polar surface area (TPSA) is 43.1 Å². The second-order valence-electron chi connectivity index (χ2n) is 3.18. The second-order valence-corrected chi connectivity index (χ2v) is 3.18. The molecule has 0 aromatic rings. The monoisotopic (exact) mass is 155 g/mol. The summed E-state index contributed by atoms with van der Waals surface area (Å²) in [6.07, 6.45) is 2.72. The molecule has 0 N–H and O–H groups in total. The van der Waals surface area contributed by atoms with Gasteiger partial charge < -0.3 is 0 Å². The summed E-state index contributed by atoms with van der Waals surface area (Å²) in [5.41, 5.74) is 1.42. The highest BCUT2D eigenvalue weighted by Gasteiger charge is 2.23. The van der Waals surface area contributed by atoms with Crippen LogP contribution in [-0.4, -0.2) is 4.92 Å². The molecule has 0 aromatic heterocycles. The average molecular weight is 155 g/mol. The molecule has 1 unspecified atom stereocenters. The average Bonchev–Trinajstić information content (AvgIpc) is 1.94. The van der Waals surface area contributed by atoms with E-state index in [0.717, 1.165) is 18.4 Å². The lowest BCUT2D eigenvalue weighted by Crippen LogP contribution is -2.12. The molecule has 0 heterocycles. The minimum absolute atomic E-state index is 0.231. The van der Waals surface area contributed by atoms with E-state index in [0.29, 0.717) is 18.0 Å². The highest BCUT2D eigenvalue weighted by molar-refractivity contribution is 5.11. The van der Waals surface area contributed by atoms with Crippen molar-refractivity contribution in [3.63, 3.8) is 0 Å². The van der Waals surface area contributed by atoms with Crippen molar-refractivity contribution in [1.29, 1.82) is 0 Å². The molecule has 0 aliphatic heterocycles. The van der Waals surface area contributed by atoms with Crippen molar-refractivity contribution < 1.29 is 4.92 Å². The van der Waals surface area contributed by atoms with Gasteiger partial charge in [-0.25, -0.2) is 0 Å². The summed E-state index contributed by atoms with van der Waals surface area (Å²) in [5.74, 6) is 0.407. The van der Waals surface area contributed by atoms with Gasteiger partial charge in [0.05, 0.1) is 4.92 Å². The van der Waals surface area contributed by atoms with Crippen LogP contribution in [0.5, 0.6) is 0 Å². The number of rotatable bonds is 1. The Hall–Kier alpha value is -0.860. The van der Waals surface area contributed by atoms with Gasteiger partial charge in [-0.1, -0.05) is 6.92 Å². The molecule has 62 valence electrons. The van der Waals surface area contributed by atoms with E-state index in [-0.39, 0.29) is 4.92 Å². The van der Waals surface area contributed by atoms with Crippen LogP contribution < -0.4 is 0 Å². The van der Waals surface area contributed by atoms with Crippen molar-refractivity contribution in [3.8, 4) is 0 Å². The first kappa shape index (κ1) is 8.24. The van der Waals surface area contributed by atoms with Gasteiger partial charge in [-0.2, -0.15) is 0 Å². The van der Waals surface area contributed by atoms with Gasteiger partial charge in [-0.3, -0.25) is 10.1 Å². The molecule has 0 saturated heterocycles. The van der Waals surface area contributed by atoms with Gasteiger partial charge in [0.2, 0.25) is 5.70 Å². The molecule has 0 saturated carbocycles. The largest absolute Gasteiger partial charge is 0.259 e. The molecular formula is C8H13NO2. The van der Waals surface area contributed by atoms with E-state index in [1.165, 1.54) is 0 Å². The summed E-state index contributed by atoms with van der Waals surface area (Å²) in [6.45, 7) is 3.93. The van der Waals surface area contributed by atoms with Crippen molar-refractivity contribution in [2.24, 2.45) is 5.92 Å². The minimum Gasteiger partial charge on any atom is -0.259 e. The van der Waals surface area contributed by atoms with E-state index in [9.17, 15) is 10.1 Å².